The Morgan fingerprint density at radius 1 is 1.58 bits per heavy atom. The average molecular weight is 301 g/mol. The molecule has 0 radical (unpaired) electrons. The maximum atomic E-state index is 12.5. The summed E-state index contributed by atoms with van der Waals surface area (Å²) in [7, 11) is 0. The first-order valence-electron chi connectivity index (χ1n) is 6.89. The van der Waals surface area contributed by atoms with Crippen LogP contribution in [-0.4, -0.2) is 36.5 Å². The van der Waals surface area contributed by atoms with Crippen LogP contribution in [0.3, 0.4) is 0 Å². The Hall–Kier alpha value is -0.580. The lowest BCUT2D eigenvalue weighted by atomic mass is 10.0. The van der Waals surface area contributed by atoms with Gasteiger partial charge in [0.1, 0.15) is 4.88 Å². The Bertz CT molecular complexity index is 441. The largest absolute Gasteiger partial charge is 0.337 e. The molecule has 106 valence electrons. The number of hydrogen-bond donors (Lipinski definition) is 1. The Morgan fingerprint density at radius 2 is 2.37 bits per heavy atom. The number of aryl methyl sites for hydroxylation is 1. The number of piperidine rings is 1. The van der Waals surface area contributed by atoms with E-state index in [4.69, 9.17) is 11.6 Å². The van der Waals surface area contributed by atoms with Crippen molar-refractivity contribution in [2.75, 3.05) is 19.6 Å². The second-order valence-electron chi connectivity index (χ2n) is 5.05. The Labute approximate surface area is 123 Å². The van der Waals surface area contributed by atoms with Crippen molar-refractivity contribution in [1.82, 2.24) is 10.2 Å². The molecule has 1 amide bonds. The SMILES string of the molecule is CCN(CC1CCCCN1)C(=O)c1scc(C)c1Cl. The van der Waals surface area contributed by atoms with Gasteiger partial charge >= 0.3 is 0 Å². The molecule has 19 heavy (non-hydrogen) atoms. The van der Waals surface area contributed by atoms with Gasteiger partial charge in [0.25, 0.3) is 5.91 Å². The van der Waals surface area contributed by atoms with Gasteiger partial charge in [-0.1, -0.05) is 18.0 Å². The molecule has 1 aromatic heterocycles. The highest BCUT2D eigenvalue weighted by Gasteiger charge is 2.23. The molecule has 2 heterocycles. The number of carbonyl (C=O) groups is 1. The summed E-state index contributed by atoms with van der Waals surface area (Å²) in [6, 6.07) is 0.428. The molecule has 0 aromatic carbocycles. The molecule has 2 rings (SSSR count). The van der Waals surface area contributed by atoms with Crippen LogP contribution in [0.4, 0.5) is 0 Å². The summed E-state index contributed by atoms with van der Waals surface area (Å²) in [6.45, 7) is 6.53. The number of rotatable bonds is 4. The van der Waals surface area contributed by atoms with E-state index in [0.717, 1.165) is 31.6 Å². The van der Waals surface area contributed by atoms with E-state index in [-0.39, 0.29) is 5.91 Å². The lowest BCUT2D eigenvalue weighted by Crippen LogP contribution is -2.45. The summed E-state index contributed by atoms with van der Waals surface area (Å²) in [5.74, 6) is 0.0676. The monoisotopic (exact) mass is 300 g/mol. The third-order valence-electron chi connectivity index (χ3n) is 3.62. The van der Waals surface area contributed by atoms with Gasteiger partial charge in [0.2, 0.25) is 0 Å². The third kappa shape index (κ3) is 3.50. The van der Waals surface area contributed by atoms with E-state index in [0.29, 0.717) is 15.9 Å². The molecule has 0 aliphatic carbocycles. The molecule has 1 fully saturated rings. The zero-order chi connectivity index (χ0) is 13.8. The van der Waals surface area contributed by atoms with Crippen LogP contribution in [0.2, 0.25) is 5.02 Å². The number of likely N-dealkylation sites (N-methyl/N-ethyl adjacent to an activating group) is 1. The molecule has 0 saturated carbocycles. The van der Waals surface area contributed by atoms with Gasteiger partial charge in [-0.05, 0) is 44.2 Å². The zero-order valence-corrected chi connectivity index (χ0v) is 13.1. The van der Waals surface area contributed by atoms with Crippen molar-refractivity contribution in [3.8, 4) is 0 Å². The second kappa shape index (κ2) is 6.73. The first-order valence-corrected chi connectivity index (χ1v) is 8.15. The topological polar surface area (TPSA) is 32.3 Å². The van der Waals surface area contributed by atoms with Gasteiger partial charge < -0.3 is 10.2 Å². The van der Waals surface area contributed by atoms with E-state index in [2.05, 4.69) is 5.32 Å². The van der Waals surface area contributed by atoms with Gasteiger partial charge in [0.05, 0.1) is 5.02 Å². The molecule has 0 bridgehead atoms. The number of carbonyl (C=O) groups excluding carboxylic acids is 1. The summed E-state index contributed by atoms with van der Waals surface area (Å²) in [6.07, 6.45) is 3.65. The second-order valence-corrected chi connectivity index (χ2v) is 6.31. The molecule has 1 N–H and O–H groups in total. The summed E-state index contributed by atoms with van der Waals surface area (Å²) in [4.78, 5) is 15.1. The highest BCUT2D eigenvalue weighted by Crippen LogP contribution is 2.28. The lowest BCUT2D eigenvalue weighted by molar-refractivity contribution is 0.0746. The fourth-order valence-corrected chi connectivity index (χ4v) is 3.66. The molecular formula is C14H21ClN2OS. The summed E-state index contributed by atoms with van der Waals surface area (Å²) < 4.78 is 0. The van der Waals surface area contributed by atoms with Crippen molar-refractivity contribution in [1.29, 1.82) is 0 Å². The fourth-order valence-electron chi connectivity index (χ4n) is 2.42. The first-order chi connectivity index (χ1) is 9.13. The van der Waals surface area contributed by atoms with E-state index in [1.807, 2.05) is 24.1 Å². The summed E-state index contributed by atoms with van der Waals surface area (Å²) >= 11 is 7.64. The average Bonchev–Trinajstić information content (AvgIpc) is 2.77. The van der Waals surface area contributed by atoms with Crippen LogP contribution >= 0.6 is 22.9 Å². The van der Waals surface area contributed by atoms with Crippen molar-refractivity contribution in [3.05, 3.63) is 20.8 Å². The highest BCUT2D eigenvalue weighted by atomic mass is 35.5. The molecule has 1 unspecified atom stereocenters. The van der Waals surface area contributed by atoms with E-state index >= 15 is 0 Å². The molecule has 1 atom stereocenters. The van der Waals surface area contributed by atoms with Crippen molar-refractivity contribution >= 4 is 28.8 Å². The van der Waals surface area contributed by atoms with Crippen LogP contribution in [0.25, 0.3) is 0 Å². The zero-order valence-electron chi connectivity index (χ0n) is 11.5. The van der Waals surface area contributed by atoms with E-state index < -0.39 is 0 Å². The standard InChI is InChI=1S/C14H21ClN2OS/c1-3-17(8-11-6-4-5-7-16-11)14(18)13-12(15)10(2)9-19-13/h9,11,16H,3-8H2,1-2H3. The maximum Gasteiger partial charge on any atom is 0.265 e. The Kier molecular flexibility index (Phi) is 5.25. The smallest absolute Gasteiger partial charge is 0.265 e. The maximum absolute atomic E-state index is 12.5. The fraction of sp³-hybridized carbons (Fsp3) is 0.643. The minimum Gasteiger partial charge on any atom is -0.337 e. The van der Waals surface area contributed by atoms with E-state index in [1.54, 1.807) is 0 Å². The number of amides is 1. The van der Waals surface area contributed by atoms with Gasteiger partial charge in [0, 0.05) is 19.1 Å². The lowest BCUT2D eigenvalue weighted by Gasteiger charge is -2.29. The number of nitrogens with one attached hydrogen (secondary N) is 1. The van der Waals surface area contributed by atoms with Crippen LogP contribution in [0.1, 0.15) is 41.4 Å². The molecule has 1 aromatic rings. The van der Waals surface area contributed by atoms with Crippen molar-refractivity contribution in [2.24, 2.45) is 0 Å². The number of nitrogens with zero attached hydrogens (tertiary/aromatic N) is 1. The molecule has 0 spiro atoms. The van der Waals surface area contributed by atoms with Crippen LogP contribution in [-0.2, 0) is 0 Å². The summed E-state index contributed by atoms with van der Waals surface area (Å²) in [5, 5.41) is 6.05. The minimum atomic E-state index is 0.0676. The van der Waals surface area contributed by atoms with Crippen LogP contribution in [0.5, 0.6) is 0 Å². The van der Waals surface area contributed by atoms with Crippen LogP contribution < -0.4 is 5.32 Å². The molecular weight excluding hydrogens is 280 g/mol. The summed E-state index contributed by atoms with van der Waals surface area (Å²) in [5.41, 5.74) is 0.988. The third-order valence-corrected chi connectivity index (χ3v) is 5.30. The molecule has 1 aliphatic rings. The molecule has 1 saturated heterocycles. The predicted molar refractivity (Wildman–Crippen MR) is 81.3 cm³/mol. The van der Waals surface area contributed by atoms with Gasteiger partial charge in [-0.15, -0.1) is 11.3 Å². The van der Waals surface area contributed by atoms with Gasteiger partial charge in [-0.3, -0.25) is 4.79 Å². The number of thiophene rings is 1. The normalized spacial score (nSPS) is 19.4. The highest BCUT2D eigenvalue weighted by molar-refractivity contribution is 7.13. The number of halogens is 1. The molecule has 1 aliphatic heterocycles. The Balaban J connectivity index is 2.04. The quantitative estimate of drug-likeness (QED) is 0.925. The molecule has 5 heteroatoms. The van der Waals surface area contributed by atoms with Gasteiger partial charge in [-0.25, -0.2) is 0 Å². The van der Waals surface area contributed by atoms with Crippen LogP contribution in [0.15, 0.2) is 5.38 Å². The Morgan fingerprint density at radius 3 is 2.89 bits per heavy atom. The van der Waals surface area contributed by atoms with E-state index in [1.165, 1.54) is 24.2 Å². The van der Waals surface area contributed by atoms with Gasteiger partial charge in [-0.2, -0.15) is 0 Å². The van der Waals surface area contributed by atoms with Gasteiger partial charge in [0.15, 0.2) is 0 Å². The molecule has 3 nitrogen and oxygen atoms in total. The van der Waals surface area contributed by atoms with Crippen molar-refractivity contribution in [3.63, 3.8) is 0 Å². The minimum absolute atomic E-state index is 0.0676. The first kappa shape index (κ1) is 14.8. The van der Waals surface area contributed by atoms with E-state index in [9.17, 15) is 4.79 Å². The number of hydrogen-bond acceptors (Lipinski definition) is 3. The van der Waals surface area contributed by atoms with Crippen molar-refractivity contribution in [2.45, 2.75) is 39.2 Å². The van der Waals surface area contributed by atoms with Crippen molar-refractivity contribution < 1.29 is 4.79 Å². The van der Waals surface area contributed by atoms with Crippen LogP contribution in [0, 0.1) is 6.92 Å². The predicted octanol–water partition coefficient (Wildman–Crippen LogP) is 3.31.